The van der Waals surface area contributed by atoms with Crippen LogP contribution in [0.25, 0.3) is 11.4 Å². The number of rotatable bonds is 8. The second-order valence-electron chi connectivity index (χ2n) is 6.18. The van der Waals surface area contributed by atoms with Crippen molar-refractivity contribution < 1.29 is 9.84 Å². The predicted octanol–water partition coefficient (Wildman–Crippen LogP) is 1.34. The summed E-state index contributed by atoms with van der Waals surface area (Å²) in [5.74, 6) is 1.84. The molecule has 1 atom stereocenters. The maximum absolute atomic E-state index is 11.5. The number of nitrogens with one attached hydrogen (secondary N) is 2. The van der Waals surface area contributed by atoms with E-state index < -0.39 is 6.10 Å². The van der Waals surface area contributed by atoms with Crippen molar-refractivity contribution in [2.45, 2.75) is 25.9 Å². The first-order valence-electron chi connectivity index (χ1n) is 8.14. The van der Waals surface area contributed by atoms with Gasteiger partial charge in [-0.1, -0.05) is 0 Å². The molecule has 0 saturated heterocycles. The van der Waals surface area contributed by atoms with E-state index in [1.807, 2.05) is 6.07 Å². The zero-order chi connectivity index (χ0) is 16.9. The van der Waals surface area contributed by atoms with E-state index in [0.717, 1.165) is 12.2 Å². The minimum atomic E-state index is -0.569. The highest BCUT2D eigenvalue weighted by atomic mass is 16.5. The van der Waals surface area contributed by atoms with Gasteiger partial charge in [-0.25, -0.2) is 9.97 Å². The molecule has 2 aromatic rings. The zero-order valence-corrected chi connectivity index (χ0v) is 13.7. The second-order valence-corrected chi connectivity index (χ2v) is 6.18. The van der Waals surface area contributed by atoms with Crippen molar-refractivity contribution in [3.8, 4) is 11.4 Å². The number of aromatic amines is 1. The van der Waals surface area contributed by atoms with E-state index in [0.29, 0.717) is 36.4 Å². The molecule has 24 heavy (non-hydrogen) atoms. The van der Waals surface area contributed by atoms with Crippen molar-refractivity contribution in [2.24, 2.45) is 5.92 Å². The van der Waals surface area contributed by atoms with Crippen LogP contribution in [0.5, 0.6) is 0 Å². The molecule has 7 nitrogen and oxygen atoms in total. The largest absolute Gasteiger partial charge is 0.389 e. The molecule has 1 fully saturated rings. The average molecular weight is 330 g/mol. The number of ether oxygens (including phenoxy) is 1. The Morgan fingerprint density at radius 2 is 2.29 bits per heavy atom. The average Bonchev–Trinajstić information content (AvgIpc) is 3.37. The van der Waals surface area contributed by atoms with E-state index in [4.69, 9.17) is 4.74 Å². The van der Waals surface area contributed by atoms with E-state index in [-0.39, 0.29) is 5.56 Å². The van der Waals surface area contributed by atoms with Gasteiger partial charge in [0, 0.05) is 36.7 Å². The molecule has 2 heterocycles. The lowest BCUT2D eigenvalue weighted by Gasteiger charge is -2.13. The minimum Gasteiger partial charge on any atom is -0.389 e. The fourth-order valence-corrected chi connectivity index (χ4v) is 2.29. The zero-order valence-electron chi connectivity index (χ0n) is 13.7. The van der Waals surface area contributed by atoms with Crippen molar-refractivity contribution in [1.29, 1.82) is 0 Å². The highest BCUT2D eigenvalue weighted by molar-refractivity contribution is 5.55. The van der Waals surface area contributed by atoms with E-state index in [1.54, 1.807) is 19.2 Å². The summed E-state index contributed by atoms with van der Waals surface area (Å²) in [7, 11) is 0. The van der Waals surface area contributed by atoms with Gasteiger partial charge in [0.25, 0.3) is 5.56 Å². The van der Waals surface area contributed by atoms with Crippen LogP contribution >= 0.6 is 0 Å². The van der Waals surface area contributed by atoms with Crippen LogP contribution in [0.3, 0.4) is 0 Å². The van der Waals surface area contributed by atoms with E-state index in [2.05, 4.69) is 20.3 Å². The molecular weight excluding hydrogens is 308 g/mol. The van der Waals surface area contributed by atoms with Gasteiger partial charge in [0.1, 0.15) is 11.6 Å². The maximum atomic E-state index is 11.5. The van der Waals surface area contributed by atoms with Crippen molar-refractivity contribution in [2.75, 3.05) is 25.1 Å². The molecule has 2 aromatic heterocycles. The Morgan fingerprint density at radius 1 is 1.46 bits per heavy atom. The van der Waals surface area contributed by atoms with Crippen molar-refractivity contribution in [3.05, 3.63) is 40.4 Å². The number of H-pyrrole nitrogens is 1. The van der Waals surface area contributed by atoms with Crippen LogP contribution in [0, 0.1) is 12.8 Å². The number of hydrogen-bond acceptors (Lipinski definition) is 6. The molecule has 0 spiro atoms. The van der Waals surface area contributed by atoms with Gasteiger partial charge in [0.05, 0.1) is 12.7 Å². The molecule has 1 aliphatic carbocycles. The molecule has 0 bridgehead atoms. The van der Waals surface area contributed by atoms with Gasteiger partial charge < -0.3 is 20.1 Å². The Balaban J connectivity index is 1.51. The molecule has 0 aromatic carbocycles. The Hall–Kier alpha value is -2.25. The molecule has 3 rings (SSSR count). The highest BCUT2D eigenvalue weighted by Gasteiger charge is 2.21. The van der Waals surface area contributed by atoms with Gasteiger partial charge in [0.2, 0.25) is 0 Å². The molecule has 1 aliphatic rings. The fourth-order valence-electron chi connectivity index (χ4n) is 2.29. The van der Waals surface area contributed by atoms with Crippen LogP contribution in [0.1, 0.15) is 18.5 Å². The number of anilines is 1. The fraction of sp³-hybridized carbons (Fsp3) is 0.471. The van der Waals surface area contributed by atoms with Crippen LogP contribution in [0.15, 0.2) is 29.2 Å². The summed E-state index contributed by atoms with van der Waals surface area (Å²) in [6.07, 6.45) is 3.55. The lowest BCUT2D eigenvalue weighted by Crippen LogP contribution is -2.25. The van der Waals surface area contributed by atoms with Gasteiger partial charge in [0.15, 0.2) is 0 Å². The first-order valence-corrected chi connectivity index (χ1v) is 8.14. The summed E-state index contributed by atoms with van der Waals surface area (Å²) in [5.41, 5.74) is 1.20. The molecule has 0 amide bonds. The van der Waals surface area contributed by atoms with E-state index in [1.165, 1.54) is 18.9 Å². The van der Waals surface area contributed by atoms with Crippen LogP contribution in [-0.4, -0.2) is 45.9 Å². The number of nitrogens with zero attached hydrogens (tertiary/aromatic N) is 2. The molecule has 1 unspecified atom stereocenters. The predicted molar refractivity (Wildman–Crippen MR) is 90.9 cm³/mol. The number of aliphatic hydroxyl groups excluding tert-OH is 1. The summed E-state index contributed by atoms with van der Waals surface area (Å²) in [5, 5.41) is 12.9. The number of aryl methyl sites for hydroxylation is 1. The van der Waals surface area contributed by atoms with Crippen molar-refractivity contribution in [1.82, 2.24) is 15.0 Å². The molecular formula is C17H22N4O3. The smallest absolute Gasteiger partial charge is 0.251 e. The van der Waals surface area contributed by atoms with Gasteiger partial charge in [-0.05, 0) is 37.8 Å². The van der Waals surface area contributed by atoms with Gasteiger partial charge in [-0.2, -0.15) is 0 Å². The SMILES string of the molecule is Cc1cc(=O)[nH]c(-c2ccc(NCC(O)COCC3CC3)nc2)n1. The number of hydrogen-bond donors (Lipinski definition) is 3. The molecule has 3 N–H and O–H groups in total. The van der Waals surface area contributed by atoms with E-state index >= 15 is 0 Å². The molecule has 0 aliphatic heterocycles. The molecule has 0 radical (unpaired) electrons. The second kappa shape index (κ2) is 7.55. The summed E-state index contributed by atoms with van der Waals surface area (Å²) < 4.78 is 5.45. The highest BCUT2D eigenvalue weighted by Crippen LogP contribution is 2.28. The molecule has 128 valence electrons. The third-order valence-corrected chi connectivity index (χ3v) is 3.79. The monoisotopic (exact) mass is 330 g/mol. The van der Waals surface area contributed by atoms with Crippen molar-refractivity contribution >= 4 is 5.82 Å². The number of pyridine rings is 1. The van der Waals surface area contributed by atoms with E-state index in [9.17, 15) is 9.90 Å². The normalized spacial score (nSPS) is 15.2. The maximum Gasteiger partial charge on any atom is 0.251 e. The quantitative estimate of drug-likeness (QED) is 0.675. The Morgan fingerprint density at radius 3 is 2.96 bits per heavy atom. The third kappa shape index (κ3) is 4.87. The first kappa shape index (κ1) is 16.6. The van der Waals surface area contributed by atoms with Crippen LogP contribution < -0.4 is 10.9 Å². The minimum absolute atomic E-state index is 0.186. The standard InChI is InChI=1S/C17H22N4O3/c1-11-6-16(23)21-17(20-11)13-4-5-15(18-7-13)19-8-14(22)10-24-9-12-2-3-12/h4-7,12,14,22H,2-3,8-10H2,1H3,(H,18,19)(H,20,21,23). The lowest BCUT2D eigenvalue weighted by atomic mass is 10.2. The van der Waals surface area contributed by atoms with Crippen LogP contribution in [-0.2, 0) is 4.74 Å². The summed E-state index contributed by atoms with van der Waals surface area (Å²) in [6, 6.07) is 5.05. The Kier molecular flexibility index (Phi) is 5.22. The lowest BCUT2D eigenvalue weighted by molar-refractivity contribution is 0.0386. The van der Waals surface area contributed by atoms with Crippen LogP contribution in [0.4, 0.5) is 5.82 Å². The summed E-state index contributed by atoms with van der Waals surface area (Å²) in [4.78, 5) is 22.7. The Bertz CT molecular complexity index is 725. The number of aromatic nitrogens is 3. The van der Waals surface area contributed by atoms with Crippen molar-refractivity contribution in [3.63, 3.8) is 0 Å². The van der Waals surface area contributed by atoms with Gasteiger partial charge in [-0.3, -0.25) is 4.79 Å². The first-order chi connectivity index (χ1) is 11.6. The van der Waals surface area contributed by atoms with Gasteiger partial charge in [-0.15, -0.1) is 0 Å². The van der Waals surface area contributed by atoms with Gasteiger partial charge >= 0.3 is 0 Å². The third-order valence-electron chi connectivity index (χ3n) is 3.79. The number of aliphatic hydroxyl groups is 1. The van der Waals surface area contributed by atoms with Crippen LogP contribution in [0.2, 0.25) is 0 Å². The summed E-state index contributed by atoms with van der Waals surface area (Å²) >= 11 is 0. The molecule has 1 saturated carbocycles. The topological polar surface area (TPSA) is 100 Å². The summed E-state index contributed by atoms with van der Waals surface area (Å²) in [6.45, 7) is 3.22. The Labute approximate surface area is 140 Å². The molecule has 7 heteroatoms.